The van der Waals surface area contributed by atoms with Crippen LogP contribution in [0.1, 0.15) is 41.0 Å². The number of amides is 1. The minimum absolute atomic E-state index is 0.0435. The molecule has 4 heteroatoms. The van der Waals surface area contributed by atoms with E-state index < -0.39 is 0 Å². The number of rotatable bonds is 1. The smallest absolute Gasteiger partial charge is 0.241 e. The molecule has 0 bridgehead atoms. The van der Waals surface area contributed by atoms with Crippen molar-refractivity contribution in [3.05, 3.63) is 0 Å². The molecule has 0 radical (unpaired) electrons. The summed E-state index contributed by atoms with van der Waals surface area (Å²) in [7, 11) is 1.94. The van der Waals surface area contributed by atoms with Gasteiger partial charge in [-0.3, -0.25) is 9.69 Å². The Morgan fingerprint density at radius 2 is 1.94 bits per heavy atom. The summed E-state index contributed by atoms with van der Waals surface area (Å²) in [6.45, 7) is 12.1. The molecular formula is C14H25N3O. The zero-order valence-electron chi connectivity index (χ0n) is 12.4. The van der Waals surface area contributed by atoms with E-state index in [1.807, 2.05) is 16.8 Å². The normalized spacial score (nSPS) is 25.7. The predicted octanol–water partition coefficient (Wildman–Crippen LogP) is 1.87. The predicted molar refractivity (Wildman–Crippen MR) is 71.9 cm³/mol. The molecule has 0 saturated carbocycles. The summed E-state index contributed by atoms with van der Waals surface area (Å²) >= 11 is 0. The molecule has 0 aliphatic carbocycles. The Hall–Kier alpha value is -1.08. The molecule has 1 aliphatic heterocycles. The van der Waals surface area contributed by atoms with Crippen molar-refractivity contribution in [3.8, 4) is 6.07 Å². The van der Waals surface area contributed by atoms with E-state index in [9.17, 15) is 4.79 Å². The molecule has 1 atom stereocenters. The third-order valence-corrected chi connectivity index (χ3v) is 3.44. The number of hydrogen-bond acceptors (Lipinski definition) is 3. The van der Waals surface area contributed by atoms with Gasteiger partial charge in [-0.2, -0.15) is 5.26 Å². The van der Waals surface area contributed by atoms with E-state index in [2.05, 4.69) is 40.7 Å². The van der Waals surface area contributed by atoms with Crippen LogP contribution < -0.4 is 0 Å². The number of likely N-dealkylation sites (N-methyl/N-ethyl adjacent to an activating group) is 1. The number of hydrogen-bond donors (Lipinski definition) is 0. The average Bonchev–Trinajstić information content (AvgIpc) is 2.26. The highest BCUT2D eigenvalue weighted by Crippen LogP contribution is 2.29. The Balaban J connectivity index is 3.12. The molecular weight excluding hydrogens is 226 g/mol. The SMILES string of the molecule is CN1CC(C)(C)CN(C(C)(C)C)C(=O)C1CC#N. The van der Waals surface area contributed by atoms with Crippen LogP contribution in [0.15, 0.2) is 0 Å². The van der Waals surface area contributed by atoms with Gasteiger partial charge in [0, 0.05) is 18.6 Å². The number of nitrogens with zero attached hydrogens (tertiary/aromatic N) is 3. The molecule has 1 heterocycles. The van der Waals surface area contributed by atoms with Crippen LogP contribution in [0.25, 0.3) is 0 Å². The lowest BCUT2D eigenvalue weighted by Crippen LogP contribution is -2.52. The van der Waals surface area contributed by atoms with Gasteiger partial charge in [-0.25, -0.2) is 0 Å². The fourth-order valence-corrected chi connectivity index (χ4v) is 2.61. The van der Waals surface area contributed by atoms with Crippen LogP contribution in [0.2, 0.25) is 0 Å². The molecule has 18 heavy (non-hydrogen) atoms. The van der Waals surface area contributed by atoms with Gasteiger partial charge in [-0.15, -0.1) is 0 Å². The van der Waals surface area contributed by atoms with Gasteiger partial charge in [-0.05, 0) is 33.2 Å². The van der Waals surface area contributed by atoms with E-state index in [1.165, 1.54) is 0 Å². The summed E-state index contributed by atoms with van der Waals surface area (Å²) in [5.41, 5.74) is -0.158. The van der Waals surface area contributed by atoms with Gasteiger partial charge in [0.2, 0.25) is 5.91 Å². The fraction of sp³-hybridized carbons (Fsp3) is 0.857. The van der Waals surface area contributed by atoms with Crippen molar-refractivity contribution in [1.29, 1.82) is 5.26 Å². The summed E-state index contributed by atoms with van der Waals surface area (Å²) in [6.07, 6.45) is 0.262. The molecule has 102 valence electrons. The van der Waals surface area contributed by atoms with Gasteiger partial charge < -0.3 is 4.90 Å². The van der Waals surface area contributed by atoms with Gasteiger partial charge in [0.05, 0.1) is 12.5 Å². The van der Waals surface area contributed by atoms with Crippen LogP contribution in [-0.4, -0.2) is 47.4 Å². The van der Waals surface area contributed by atoms with Gasteiger partial charge >= 0.3 is 0 Å². The molecule has 1 saturated heterocycles. The van der Waals surface area contributed by atoms with Crippen LogP contribution in [0.5, 0.6) is 0 Å². The molecule has 0 aromatic carbocycles. The van der Waals surface area contributed by atoms with Gasteiger partial charge in [0.15, 0.2) is 0 Å². The van der Waals surface area contributed by atoms with E-state index in [-0.39, 0.29) is 29.3 Å². The van der Waals surface area contributed by atoms with Crippen molar-refractivity contribution in [2.75, 3.05) is 20.1 Å². The second-order valence-electron chi connectivity index (χ2n) is 7.05. The minimum atomic E-state index is -0.309. The maximum Gasteiger partial charge on any atom is 0.241 e. The van der Waals surface area contributed by atoms with Crippen molar-refractivity contribution in [3.63, 3.8) is 0 Å². The lowest BCUT2D eigenvalue weighted by atomic mass is 9.91. The van der Waals surface area contributed by atoms with Crippen molar-refractivity contribution in [1.82, 2.24) is 9.80 Å². The fourth-order valence-electron chi connectivity index (χ4n) is 2.61. The molecule has 1 amide bonds. The third kappa shape index (κ3) is 3.23. The highest BCUT2D eigenvalue weighted by molar-refractivity contribution is 5.83. The first-order chi connectivity index (χ1) is 8.08. The summed E-state index contributed by atoms with van der Waals surface area (Å²) < 4.78 is 0. The highest BCUT2D eigenvalue weighted by atomic mass is 16.2. The lowest BCUT2D eigenvalue weighted by Gasteiger charge is -2.39. The standard InChI is InChI=1S/C14H25N3O/c1-13(2,3)17-10-14(4,5)9-16(6)11(7-8-15)12(17)18/h11H,7,9-10H2,1-6H3. The summed E-state index contributed by atoms with van der Waals surface area (Å²) in [6, 6.07) is 1.83. The molecule has 1 aliphatic rings. The summed E-state index contributed by atoms with van der Waals surface area (Å²) in [5.74, 6) is 0.0807. The number of carbonyl (C=O) groups is 1. The maximum atomic E-state index is 12.6. The summed E-state index contributed by atoms with van der Waals surface area (Å²) in [5, 5.41) is 8.92. The zero-order chi connectivity index (χ0) is 14.1. The Labute approximate surface area is 111 Å². The van der Waals surface area contributed by atoms with E-state index in [0.29, 0.717) is 0 Å². The van der Waals surface area contributed by atoms with Crippen molar-refractivity contribution < 1.29 is 4.79 Å². The second kappa shape index (κ2) is 4.89. The van der Waals surface area contributed by atoms with Gasteiger partial charge in [0.25, 0.3) is 0 Å². The van der Waals surface area contributed by atoms with Crippen molar-refractivity contribution in [2.45, 2.75) is 52.6 Å². The van der Waals surface area contributed by atoms with Crippen LogP contribution in [0.4, 0.5) is 0 Å². The van der Waals surface area contributed by atoms with Crippen LogP contribution in [-0.2, 0) is 4.79 Å². The molecule has 1 fully saturated rings. The first kappa shape index (κ1) is 15.0. The maximum absolute atomic E-state index is 12.6. The zero-order valence-corrected chi connectivity index (χ0v) is 12.4. The highest BCUT2D eigenvalue weighted by Gasteiger charge is 2.41. The van der Waals surface area contributed by atoms with E-state index in [0.717, 1.165) is 13.1 Å². The van der Waals surface area contributed by atoms with Crippen LogP contribution >= 0.6 is 0 Å². The van der Waals surface area contributed by atoms with E-state index >= 15 is 0 Å². The summed E-state index contributed by atoms with van der Waals surface area (Å²) in [4.78, 5) is 16.6. The first-order valence-electron chi connectivity index (χ1n) is 6.47. The molecule has 0 spiro atoms. The molecule has 1 unspecified atom stereocenters. The molecule has 0 aromatic rings. The molecule has 0 aromatic heterocycles. The lowest BCUT2D eigenvalue weighted by molar-refractivity contribution is -0.140. The van der Waals surface area contributed by atoms with Crippen molar-refractivity contribution in [2.24, 2.45) is 5.41 Å². The Bertz CT molecular complexity index is 362. The number of nitriles is 1. The first-order valence-corrected chi connectivity index (χ1v) is 6.47. The van der Waals surface area contributed by atoms with Gasteiger partial charge in [0.1, 0.15) is 6.04 Å². The third-order valence-electron chi connectivity index (χ3n) is 3.44. The largest absolute Gasteiger partial charge is 0.336 e. The topological polar surface area (TPSA) is 47.3 Å². The van der Waals surface area contributed by atoms with Crippen LogP contribution in [0.3, 0.4) is 0 Å². The number of carbonyl (C=O) groups excluding carboxylic acids is 1. The monoisotopic (exact) mass is 251 g/mol. The quantitative estimate of drug-likeness (QED) is 0.714. The second-order valence-corrected chi connectivity index (χ2v) is 7.05. The molecule has 0 N–H and O–H groups in total. The van der Waals surface area contributed by atoms with Crippen LogP contribution in [0, 0.1) is 16.7 Å². The van der Waals surface area contributed by atoms with E-state index in [4.69, 9.17) is 5.26 Å². The van der Waals surface area contributed by atoms with E-state index in [1.54, 1.807) is 0 Å². The minimum Gasteiger partial charge on any atom is -0.336 e. The molecule has 1 rings (SSSR count). The molecule has 4 nitrogen and oxygen atoms in total. The Kier molecular flexibility index (Phi) is 4.07. The van der Waals surface area contributed by atoms with Crippen molar-refractivity contribution >= 4 is 5.91 Å². The Morgan fingerprint density at radius 3 is 2.39 bits per heavy atom. The Morgan fingerprint density at radius 1 is 1.39 bits per heavy atom. The average molecular weight is 251 g/mol. The van der Waals surface area contributed by atoms with Gasteiger partial charge in [-0.1, -0.05) is 13.8 Å².